The fraction of sp³-hybridized carbons (Fsp3) is 0.100. The van der Waals surface area contributed by atoms with Gasteiger partial charge < -0.3 is 11.5 Å². The fourth-order valence-electron chi connectivity index (χ4n) is 1.09. The Bertz CT molecular complexity index is 363. The third-order valence-corrected chi connectivity index (χ3v) is 1.81. The molecule has 0 spiro atoms. The molecule has 0 saturated carbocycles. The van der Waals surface area contributed by atoms with E-state index in [9.17, 15) is 0 Å². The number of nitrogens with two attached hydrogens (primary N) is 2. The average molecular weight is 173 g/mol. The van der Waals surface area contributed by atoms with Gasteiger partial charge in [0.05, 0.1) is 11.6 Å². The lowest BCUT2D eigenvalue weighted by atomic mass is 10.0. The standard InChI is InChI=1S/C10H11N3/c1-2-10(13)9-4-3-8(12)5-7(9)6-11/h2-5,10H,1,12-13H2/t10-/m1/s1. The quantitative estimate of drug-likeness (QED) is 0.523. The van der Waals surface area contributed by atoms with Crippen LogP contribution in [0.25, 0.3) is 0 Å². The van der Waals surface area contributed by atoms with Gasteiger partial charge in [0.1, 0.15) is 0 Å². The van der Waals surface area contributed by atoms with Crippen molar-refractivity contribution >= 4 is 5.69 Å². The van der Waals surface area contributed by atoms with E-state index in [0.717, 1.165) is 5.56 Å². The molecule has 1 atom stereocenters. The third kappa shape index (κ3) is 1.86. The van der Waals surface area contributed by atoms with Crippen LogP contribution in [0.1, 0.15) is 17.2 Å². The van der Waals surface area contributed by atoms with Gasteiger partial charge in [0, 0.05) is 11.7 Å². The Balaban J connectivity index is 3.22. The van der Waals surface area contributed by atoms with Gasteiger partial charge in [-0.1, -0.05) is 12.1 Å². The number of anilines is 1. The van der Waals surface area contributed by atoms with E-state index in [0.29, 0.717) is 11.3 Å². The number of nitrogens with zero attached hydrogens (tertiary/aromatic N) is 1. The molecule has 0 radical (unpaired) electrons. The SMILES string of the molecule is C=C[C@@H](N)c1ccc(N)cc1C#N. The van der Waals surface area contributed by atoms with E-state index >= 15 is 0 Å². The third-order valence-electron chi connectivity index (χ3n) is 1.81. The van der Waals surface area contributed by atoms with E-state index in [4.69, 9.17) is 16.7 Å². The Hall–Kier alpha value is -1.79. The topological polar surface area (TPSA) is 75.8 Å². The minimum absolute atomic E-state index is 0.310. The summed E-state index contributed by atoms with van der Waals surface area (Å²) in [4.78, 5) is 0. The molecule has 3 heteroatoms. The van der Waals surface area contributed by atoms with Crippen molar-refractivity contribution in [2.24, 2.45) is 5.73 Å². The first-order valence-corrected chi connectivity index (χ1v) is 3.86. The van der Waals surface area contributed by atoms with Gasteiger partial charge in [-0.05, 0) is 17.7 Å². The van der Waals surface area contributed by atoms with Crippen LogP contribution in [0.15, 0.2) is 30.9 Å². The molecule has 66 valence electrons. The van der Waals surface area contributed by atoms with Crippen molar-refractivity contribution in [3.63, 3.8) is 0 Å². The number of rotatable bonds is 2. The molecule has 0 fully saturated rings. The molecular formula is C10H11N3. The van der Waals surface area contributed by atoms with Crippen LogP contribution < -0.4 is 11.5 Å². The molecule has 1 aromatic carbocycles. The van der Waals surface area contributed by atoms with E-state index < -0.39 is 0 Å². The van der Waals surface area contributed by atoms with Crippen LogP contribution in [0.3, 0.4) is 0 Å². The number of nitriles is 1. The Morgan fingerprint density at radius 2 is 2.23 bits per heavy atom. The van der Waals surface area contributed by atoms with Crippen LogP contribution in [0, 0.1) is 11.3 Å². The second-order valence-electron chi connectivity index (χ2n) is 2.72. The maximum Gasteiger partial charge on any atom is 0.0996 e. The highest BCUT2D eigenvalue weighted by atomic mass is 14.6. The summed E-state index contributed by atoms with van der Waals surface area (Å²) < 4.78 is 0. The lowest BCUT2D eigenvalue weighted by Crippen LogP contribution is -2.08. The molecule has 0 aliphatic heterocycles. The largest absolute Gasteiger partial charge is 0.399 e. The first kappa shape index (κ1) is 9.30. The predicted octanol–water partition coefficient (Wildman–Crippen LogP) is 1.33. The molecule has 0 bridgehead atoms. The molecule has 1 rings (SSSR count). The van der Waals surface area contributed by atoms with Crippen molar-refractivity contribution in [3.05, 3.63) is 42.0 Å². The van der Waals surface area contributed by atoms with Crippen molar-refractivity contribution < 1.29 is 0 Å². The van der Waals surface area contributed by atoms with Gasteiger partial charge in [-0.15, -0.1) is 6.58 Å². The maximum atomic E-state index is 8.79. The Morgan fingerprint density at radius 1 is 1.54 bits per heavy atom. The second kappa shape index (κ2) is 3.74. The Labute approximate surface area is 77.3 Å². The maximum absolute atomic E-state index is 8.79. The number of hydrogen-bond donors (Lipinski definition) is 2. The van der Waals surface area contributed by atoms with Crippen LogP contribution >= 0.6 is 0 Å². The van der Waals surface area contributed by atoms with Gasteiger partial charge in [0.25, 0.3) is 0 Å². The Kier molecular flexibility index (Phi) is 2.68. The number of nitrogen functional groups attached to an aromatic ring is 1. The lowest BCUT2D eigenvalue weighted by molar-refractivity contribution is 0.910. The van der Waals surface area contributed by atoms with E-state index in [2.05, 4.69) is 6.58 Å². The minimum atomic E-state index is -0.310. The molecule has 0 amide bonds. The zero-order valence-corrected chi connectivity index (χ0v) is 7.20. The zero-order chi connectivity index (χ0) is 9.84. The molecule has 0 heterocycles. The van der Waals surface area contributed by atoms with Crippen molar-refractivity contribution in [3.8, 4) is 6.07 Å². The van der Waals surface area contributed by atoms with E-state index in [-0.39, 0.29) is 6.04 Å². The van der Waals surface area contributed by atoms with Gasteiger partial charge in [0.15, 0.2) is 0 Å². The summed E-state index contributed by atoms with van der Waals surface area (Å²) in [7, 11) is 0. The molecule has 0 aliphatic rings. The molecule has 1 aromatic rings. The van der Waals surface area contributed by atoms with Gasteiger partial charge in [0.2, 0.25) is 0 Å². The molecule has 4 N–H and O–H groups in total. The van der Waals surface area contributed by atoms with Crippen molar-refractivity contribution in [1.29, 1.82) is 5.26 Å². The van der Waals surface area contributed by atoms with Gasteiger partial charge in [-0.2, -0.15) is 5.26 Å². The smallest absolute Gasteiger partial charge is 0.0996 e. The van der Waals surface area contributed by atoms with Crippen LogP contribution in [-0.2, 0) is 0 Å². The normalized spacial score (nSPS) is 11.7. The second-order valence-corrected chi connectivity index (χ2v) is 2.72. The molecule has 0 saturated heterocycles. The van der Waals surface area contributed by atoms with Crippen LogP contribution in [-0.4, -0.2) is 0 Å². The summed E-state index contributed by atoms with van der Waals surface area (Å²) in [5, 5.41) is 8.79. The Morgan fingerprint density at radius 3 is 2.77 bits per heavy atom. The van der Waals surface area contributed by atoms with E-state index in [1.807, 2.05) is 6.07 Å². The summed E-state index contributed by atoms with van der Waals surface area (Å²) in [6.07, 6.45) is 1.59. The van der Waals surface area contributed by atoms with Crippen LogP contribution in [0.2, 0.25) is 0 Å². The summed E-state index contributed by atoms with van der Waals surface area (Å²) in [5.74, 6) is 0. The van der Waals surface area contributed by atoms with Gasteiger partial charge in [-0.3, -0.25) is 0 Å². The highest BCUT2D eigenvalue weighted by Crippen LogP contribution is 2.18. The molecule has 0 aliphatic carbocycles. The number of hydrogen-bond acceptors (Lipinski definition) is 3. The predicted molar refractivity (Wildman–Crippen MR) is 52.7 cm³/mol. The fourth-order valence-corrected chi connectivity index (χ4v) is 1.09. The molecule has 3 nitrogen and oxygen atoms in total. The highest BCUT2D eigenvalue weighted by Gasteiger charge is 2.07. The lowest BCUT2D eigenvalue weighted by Gasteiger charge is -2.08. The summed E-state index contributed by atoms with van der Waals surface area (Å²) in [6, 6.07) is 6.82. The number of benzene rings is 1. The van der Waals surface area contributed by atoms with Crippen molar-refractivity contribution in [2.75, 3.05) is 5.73 Å². The zero-order valence-electron chi connectivity index (χ0n) is 7.20. The summed E-state index contributed by atoms with van der Waals surface area (Å²) >= 11 is 0. The summed E-state index contributed by atoms with van der Waals surface area (Å²) in [5.41, 5.74) is 13.1. The van der Waals surface area contributed by atoms with Gasteiger partial charge in [-0.25, -0.2) is 0 Å². The first-order chi connectivity index (χ1) is 6.19. The van der Waals surface area contributed by atoms with Crippen molar-refractivity contribution in [1.82, 2.24) is 0 Å². The highest BCUT2D eigenvalue weighted by molar-refractivity contribution is 5.51. The monoisotopic (exact) mass is 173 g/mol. The van der Waals surface area contributed by atoms with Crippen LogP contribution in [0.4, 0.5) is 5.69 Å². The van der Waals surface area contributed by atoms with Crippen molar-refractivity contribution in [2.45, 2.75) is 6.04 Å². The van der Waals surface area contributed by atoms with E-state index in [1.165, 1.54) is 0 Å². The average Bonchev–Trinajstić information content (AvgIpc) is 2.16. The minimum Gasteiger partial charge on any atom is -0.399 e. The molecule has 13 heavy (non-hydrogen) atoms. The molecule has 0 aromatic heterocycles. The first-order valence-electron chi connectivity index (χ1n) is 3.86. The van der Waals surface area contributed by atoms with Crippen LogP contribution in [0.5, 0.6) is 0 Å². The molecule has 0 unspecified atom stereocenters. The van der Waals surface area contributed by atoms with Gasteiger partial charge >= 0.3 is 0 Å². The van der Waals surface area contributed by atoms with E-state index in [1.54, 1.807) is 24.3 Å². The summed E-state index contributed by atoms with van der Waals surface area (Å²) in [6.45, 7) is 3.57. The molecular weight excluding hydrogens is 162 g/mol.